The molecule has 0 fully saturated rings. The predicted molar refractivity (Wildman–Crippen MR) is 126 cm³/mol. The molecule has 5 aromatic rings. The molecule has 0 atom stereocenters. The first-order valence-electron chi connectivity index (χ1n) is 9.48. The number of nitrogens with zero attached hydrogens (tertiary/aromatic N) is 5. The molecule has 0 unspecified atom stereocenters. The van der Waals surface area contributed by atoms with E-state index in [9.17, 15) is 0 Å². The normalized spacial score (nSPS) is 11.1. The second-order valence-electron chi connectivity index (χ2n) is 6.65. The molecule has 0 bridgehead atoms. The lowest BCUT2D eigenvalue weighted by Crippen LogP contribution is -2.03. The number of thiophene rings is 1. The van der Waals surface area contributed by atoms with Gasteiger partial charge in [0.1, 0.15) is 0 Å². The predicted octanol–water partition coefficient (Wildman–Crippen LogP) is 6.16. The molecule has 6 nitrogen and oxygen atoms in total. The summed E-state index contributed by atoms with van der Waals surface area (Å²) in [5, 5.41) is 20.1. The largest absolute Gasteiger partial charge is 0.420 e. The summed E-state index contributed by atoms with van der Waals surface area (Å²) in [6, 6.07) is 22.2. The standard InChI is InChI=1S/C22H16BrN5OS2/c23-17-10-8-16(9-11-17)21-26-24-19(29-21)14-31-22-27-25-20(18-7-4-12-30-18)28(22)13-15-5-2-1-3-6-15/h1-12H,13-14H2. The number of halogens is 1. The Balaban J connectivity index is 1.37. The lowest BCUT2D eigenvalue weighted by atomic mass is 10.2. The monoisotopic (exact) mass is 509 g/mol. The quantitative estimate of drug-likeness (QED) is 0.244. The van der Waals surface area contributed by atoms with Crippen LogP contribution in [0.1, 0.15) is 11.5 Å². The van der Waals surface area contributed by atoms with Gasteiger partial charge in [-0.1, -0.05) is 64.1 Å². The Morgan fingerprint density at radius 2 is 1.74 bits per heavy atom. The fourth-order valence-electron chi connectivity index (χ4n) is 3.04. The van der Waals surface area contributed by atoms with Crippen LogP contribution in [0.15, 0.2) is 86.2 Å². The maximum absolute atomic E-state index is 5.85. The summed E-state index contributed by atoms with van der Waals surface area (Å²) >= 11 is 6.63. The molecule has 5 rings (SSSR count). The van der Waals surface area contributed by atoms with Crippen LogP contribution in [0.3, 0.4) is 0 Å². The van der Waals surface area contributed by atoms with Crippen LogP contribution in [0.2, 0.25) is 0 Å². The van der Waals surface area contributed by atoms with Gasteiger partial charge in [-0.25, -0.2) is 0 Å². The summed E-state index contributed by atoms with van der Waals surface area (Å²) in [4.78, 5) is 1.09. The van der Waals surface area contributed by atoms with Crippen molar-refractivity contribution in [1.29, 1.82) is 0 Å². The summed E-state index contributed by atoms with van der Waals surface area (Å²) in [5.74, 6) is 2.44. The Kier molecular flexibility index (Phi) is 5.97. The van der Waals surface area contributed by atoms with Crippen LogP contribution in [0.25, 0.3) is 22.2 Å². The lowest BCUT2D eigenvalue weighted by Gasteiger charge is -2.09. The van der Waals surface area contributed by atoms with E-state index in [1.165, 1.54) is 17.3 Å². The summed E-state index contributed by atoms with van der Waals surface area (Å²) in [6.45, 7) is 0.692. The van der Waals surface area contributed by atoms with Crippen LogP contribution in [0, 0.1) is 0 Å². The molecule has 2 aromatic carbocycles. The maximum Gasteiger partial charge on any atom is 0.247 e. The summed E-state index contributed by atoms with van der Waals surface area (Å²) in [5.41, 5.74) is 2.08. The molecule has 0 N–H and O–H groups in total. The van der Waals surface area contributed by atoms with E-state index < -0.39 is 0 Å². The summed E-state index contributed by atoms with van der Waals surface area (Å²) in [7, 11) is 0. The van der Waals surface area contributed by atoms with Gasteiger partial charge in [-0.3, -0.25) is 4.57 Å². The second-order valence-corrected chi connectivity index (χ2v) is 9.46. The molecule has 31 heavy (non-hydrogen) atoms. The van der Waals surface area contributed by atoms with Crippen molar-refractivity contribution in [3.8, 4) is 22.2 Å². The smallest absolute Gasteiger partial charge is 0.247 e. The fourth-order valence-corrected chi connectivity index (χ4v) is 4.80. The molecule has 3 aromatic heterocycles. The summed E-state index contributed by atoms with van der Waals surface area (Å²) < 4.78 is 9.00. The highest BCUT2D eigenvalue weighted by Gasteiger charge is 2.17. The van der Waals surface area contributed by atoms with E-state index in [1.54, 1.807) is 11.3 Å². The topological polar surface area (TPSA) is 69.6 Å². The highest BCUT2D eigenvalue weighted by atomic mass is 79.9. The van der Waals surface area contributed by atoms with Crippen molar-refractivity contribution in [3.63, 3.8) is 0 Å². The van der Waals surface area contributed by atoms with E-state index in [-0.39, 0.29) is 0 Å². The van der Waals surface area contributed by atoms with Crippen molar-refractivity contribution in [3.05, 3.63) is 88.0 Å². The van der Waals surface area contributed by atoms with E-state index in [4.69, 9.17) is 4.42 Å². The zero-order chi connectivity index (χ0) is 21.0. The van der Waals surface area contributed by atoms with Gasteiger partial charge in [0.25, 0.3) is 0 Å². The maximum atomic E-state index is 5.85. The Labute approximate surface area is 195 Å². The Morgan fingerprint density at radius 1 is 0.903 bits per heavy atom. The molecule has 9 heteroatoms. The van der Waals surface area contributed by atoms with E-state index >= 15 is 0 Å². The van der Waals surface area contributed by atoms with Crippen LogP contribution < -0.4 is 0 Å². The Hall–Kier alpha value is -2.75. The molecule has 0 saturated carbocycles. The van der Waals surface area contributed by atoms with Gasteiger partial charge < -0.3 is 4.42 Å². The van der Waals surface area contributed by atoms with Crippen molar-refractivity contribution in [2.45, 2.75) is 17.5 Å². The van der Waals surface area contributed by atoms with E-state index in [1.807, 2.05) is 53.9 Å². The lowest BCUT2D eigenvalue weighted by molar-refractivity contribution is 0.528. The molecular weight excluding hydrogens is 494 g/mol. The molecule has 0 spiro atoms. The Morgan fingerprint density at radius 3 is 2.52 bits per heavy atom. The molecule has 154 valence electrons. The van der Waals surface area contributed by atoms with Gasteiger partial charge in [0.2, 0.25) is 11.8 Å². The minimum atomic E-state index is 0.508. The van der Waals surface area contributed by atoms with Gasteiger partial charge in [0, 0.05) is 10.0 Å². The van der Waals surface area contributed by atoms with Crippen LogP contribution in [-0.2, 0) is 12.3 Å². The molecule has 0 radical (unpaired) electrons. The fraction of sp³-hybridized carbons (Fsp3) is 0.0909. The third kappa shape index (κ3) is 4.63. The minimum Gasteiger partial charge on any atom is -0.420 e. The van der Waals surface area contributed by atoms with Crippen molar-refractivity contribution in [1.82, 2.24) is 25.0 Å². The molecule has 0 saturated heterocycles. The number of benzene rings is 2. The van der Waals surface area contributed by atoms with Crippen molar-refractivity contribution in [2.24, 2.45) is 0 Å². The van der Waals surface area contributed by atoms with Crippen molar-refractivity contribution >= 4 is 39.0 Å². The van der Waals surface area contributed by atoms with Crippen LogP contribution in [0.4, 0.5) is 0 Å². The molecule has 3 heterocycles. The average molecular weight is 510 g/mol. The average Bonchev–Trinajstić information content (AvgIpc) is 3.55. The van der Waals surface area contributed by atoms with E-state index in [0.29, 0.717) is 24.1 Å². The highest BCUT2D eigenvalue weighted by molar-refractivity contribution is 9.10. The first-order chi connectivity index (χ1) is 15.3. The van der Waals surface area contributed by atoms with Gasteiger partial charge in [-0.15, -0.1) is 31.7 Å². The zero-order valence-corrected chi connectivity index (χ0v) is 19.4. The van der Waals surface area contributed by atoms with Gasteiger partial charge >= 0.3 is 0 Å². The Bertz CT molecular complexity index is 1270. The van der Waals surface area contributed by atoms with Crippen LogP contribution in [-0.4, -0.2) is 25.0 Å². The van der Waals surface area contributed by atoms with Crippen molar-refractivity contribution in [2.75, 3.05) is 0 Å². The van der Waals surface area contributed by atoms with Gasteiger partial charge in [0.15, 0.2) is 11.0 Å². The van der Waals surface area contributed by atoms with E-state index in [0.717, 1.165) is 25.9 Å². The minimum absolute atomic E-state index is 0.508. The molecule has 0 aliphatic rings. The molecule has 0 amide bonds. The number of rotatable bonds is 7. The second kappa shape index (κ2) is 9.17. The van der Waals surface area contributed by atoms with Crippen LogP contribution >= 0.6 is 39.0 Å². The third-order valence-electron chi connectivity index (χ3n) is 4.52. The van der Waals surface area contributed by atoms with Gasteiger partial charge in [-0.2, -0.15) is 0 Å². The number of thioether (sulfide) groups is 1. The molecular formula is C22H16BrN5OS2. The number of hydrogen-bond donors (Lipinski definition) is 0. The number of aromatic nitrogens is 5. The summed E-state index contributed by atoms with van der Waals surface area (Å²) in [6.07, 6.45) is 0. The molecule has 0 aliphatic heterocycles. The van der Waals surface area contributed by atoms with Gasteiger partial charge in [-0.05, 0) is 41.3 Å². The zero-order valence-electron chi connectivity index (χ0n) is 16.2. The first kappa shape index (κ1) is 20.2. The highest BCUT2D eigenvalue weighted by Crippen LogP contribution is 2.30. The van der Waals surface area contributed by atoms with Crippen LogP contribution in [0.5, 0.6) is 0 Å². The molecule has 0 aliphatic carbocycles. The third-order valence-corrected chi connectivity index (χ3v) is 6.87. The van der Waals surface area contributed by atoms with Crippen molar-refractivity contribution < 1.29 is 4.42 Å². The van der Waals surface area contributed by atoms with E-state index in [2.05, 4.69) is 59.1 Å². The SMILES string of the molecule is Brc1ccc(-c2nnc(CSc3nnc(-c4cccs4)n3Cc3ccccc3)o2)cc1. The van der Waals surface area contributed by atoms with Gasteiger partial charge in [0.05, 0.1) is 17.2 Å². The number of hydrogen-bond acceptors (Lipinski definition) is 7. The first-order valence-corrected chi connectivity index (χ1v) is 12.1.